The van der Waals surface area contributed by atoms with Crippen LogP contribution in [-0.2, 0) is 10.8 Å². The Morgan fingerprint density at radius 2 is 0.659 bits per heavy atom. The monoisotopic (exact) mass is 1170 g/mol. The average molecular weight is 1170 g/mol. The predicted octanol–water partition coefficient (Wildman–Crippen LogP) is 21.1. The van der Waals surface area contributed by atoms with E-state index in [-0.39, 0.29) is 17.5 Å². The first-order valence-corrected chi connectivity index (χ1v) is 31.5. The van der Waals surface area contributed by atoms with Crippen LogP contribution in [0.3, 0.4) is 0 Å². The molecule has 7 heteroatoms. The third-order valence-corrected chi connectivity index (χ3v) is 20.2. The van der Waals surface area contributed by atoms with Crippen LogP contribution >= 0.6 is 0 Å². The molecule has 0 saturated heterocycles. The second kappa shape index (κ2) is 19.1. The molecule has 4 aliphatic rings. The molecule has 0 saturated carbocycles. The number of anilines is 6. The van der Waals surface area contributed by atoms with Gasteiger partial charge in [0.25, 0.3) is 6.71 Å². The van der Waals surface area contributed by atoms with Crippen molar-refractivity contribution in [2.75, 3.05) is 9.80 Å². The molecule has 0 fully saturated rings. The van der Waals surface area contributed by atoms with Gasteiger partial charge in [-0.25, -0.2) is 0 Å². The molecular formula is C84H57BN2O4. The number of hydrogen-bond donors (Lipinski definition) is 0. The van der Waals surface area contributed by atoms with E-state index in [0.717, 1.165) is 140 Å². The largest absolute Gasteiger partial charge is 0.458 e. The maximum atomic E-state index is 7.08. The lowest BCUT2D eigenvalue weighted by Crippen LogP contribution is -2.57. The Morgan fingerprint density at radius 3 is 1.09 bits per heavy atom. The molecule has 0 unspecified atom stereocenters. The number of hydrogen-bond acceptors (Lipinski definition) is 6. The summed E-state index contributed by atoms with van der Waals surface area (Å²) >= 11 is 0. The van der Waals surface area contributed by atoms with Gasteiger partial charge in [0.15, 0.2) is 11.2 Å². The number of fused-ring (bicyclic) bond motifs is 16. The molecule has 13 aromatic carbocycles. The lowest BCUT2D eigenvalue weighted by Gasteiger charge is -2.35. The van der Waals surface area contributed by atoms with Crippen molar-refractivity contribution < 1.29 is 18.3 Å². The van der Waals surface area contributed by atoms with E-state index in [1.165, 1.54) is 44.5 Å². The summed E-state index contributed by atoms with van der Waals surface area (Å²) in [6.45, 7) is 9.38. The molecule has 4 heterocycles. The summed E-state index contributed by atoms with van der Waals surface area (Å²) in [5.41, 5.74) is 26.5. The summed E-state index contributed by atoms with van der Waals surface area (Å²) in [6, 6.07) is 98.2. The molecule has 0 radical (unpaired) electrons. The summed E-state index contributed by atoms with van der Waals surface area (Å²) in [7, 11) is 0. The Hall–Kier alpha value is -11.3. The SMILES string of the molecule is CC1(C)c2cc(N(c3ccccc3)c3cccc4c3oc3c(-c5ccccc5)cccc34)ccc2-c2cc3c(cc21)B1c2cc4c(cc2Oc2cccc(c21)O3)-c1ccc(N(c2ccccc2)c2cccc3c2oc2c(-c5ccccc5)cccc23)cc1C4(C)C. The van der Waals surface area contributed by atoms with Crippen LogP contribution in [0.4, 0.5) is 34.1 Å². The van der Waals surface area contributed by atoms with Crippen molar-refractivity contribution in [3.8, 4) is 67.5 Å². The van der Waals surface area contributed by atoms with Crippen LogP contribution < -0.4 is 35.7 Å². The molecule has 0 amide bonds. The minimum Gasteiger partial charge on any atom is -0.458 e. The first kappa shape index (κ1) is 51.7. The lowest BCUT2D eigenvalue weighted by atomic mass is 9.34. The van der Waals surface area contributed by atoms with Crippen molar-refractivity contribution in [3.63, 3.8) is 0 Å². The molecule has 19 rings (SSSR count). The number of benzene rings is 13. The molecular weight excluding hydrogens is 1110 g/mol. The minimum absolute atomic E-state index is 0.139. The van der Waals surface area contributed by atoms with E-state index in [2.05, 4.69) is 310 Å². The van der Waals surface area contributed by atoms with E-state index in [4.69, 9.17) is 18.3 Å². The molecule has 2 aromatic heterocycles. The standard InChI is InChI=1S/C84H57BN2O4/c1-83(2)66-44-54(86(52-26-13-7-14-27-52)72-36-19-34-62-60-32-17-30-56(79(60)90-81(62)72)50-22-9-5-10-23-50)40-42-58(66)64-46-76-70(48-68(64)83)85-71-49-69-65(47-77(71)89-75-39-21-38-74(88-76)78(75)85)59-43-41-55(45-67(59)84(69,3)4)87(53-28-15-8-16-29-53)73-37-20-35-63-61-33-18-31-57(80(61)91-82(63)73)51-24-11-6-12-25-51/h5-49H,1-4H3. The Balaban J connectivity index is 0.712. The highest BCUT2D eigenvalue weighted by molar-refractivity contribution is 6.98. The van der Waals surface area contributed by atoms with Crippen LogP contribution in [0.5, 0.6) is 23.0 Å². The average Bonchev–Trinajstić information content (AvgIpc) is 1.66. The van der Waals surface area contributed by atoms with Crippen LogP contribution in [-0.4, -0.2) is 6.71 Å². The van der Waals surface area contributed by atoms with Gasteiger partial charge in [-0.2, -0.15) is 0 Å². The van der Waals surface area contributed by atoms with Gasteiger partial charge < -0.3 is 28.1 Å². The van der Waals surface area contributed by atoms with Gasteiger partial charge in [0, 0.05) is 71.7 Å². The predicted molar refractivity (Wildman–Crippen MR) is 374 cm³/mol. The molecule has 2 aliphatic heterocycles. The topological polar surface area (TPSA) is 51.2 Å². The number of nitrogens with zero attached hydrogens (tertiary/aromatic N) is 2. The normalized spacial score (nSPS) is 14.0. The number of para-hydroxylation sites is 6. The molecule has 91 heavy (non-hydrogen) atoms. The summed E-state index contributed by atoms with van der Waals surface area (Å²) in [5, 5.41) is 4.34. The van der Waals surface area contributed by atoms with Crippen LogP contribution in [0.15, 0.2) is 282 Å². The molecule has 0 N–H and O–H groups in total. The van der Waals surface area contributed by atoms with E-state index < -0.39 is 0 Å². The fraction of sp³-hybridized carbons (Fsp3) is 0.0714. The van der Waals surface area contributed by atoms with Crippen LogP contribution in [0.25, 0.3) is 88.4 Å². The molecule has 15 aromatic rings. The smallest absolute Gasteiger partial charge is 0.260 e. The van der Waals surface area contributed by atoms with E-state index in [0.29, 0.717) is 0 Å². The third kappa shape index (κ3) is 7.49. The maximum absolute atomic E-state index is 7.08. The van der Waals surface area contributed by atoms with E-state index in [1.807, 2.05) is 0 Å². The Kier molecular flexibility index (Phi) is 10.9. The first-order valence-electron chi connectivity index (χ1n) is 31.5. The Bertz CT molecular complexity index is 5220. The van der Waals surface area contributed by atoms with Gasteiger partial charge in [-0.15, -0.1) is 0 Å². The van der Waals surface area contributed by atoms with E-state index in [9.17, 15) is 0 Å². The Labute approximate surface area is 527 Å². The van der Waals surface area contributed by atoms with Crippen molar-refractivity contribution in [1.29, 1.82) is 0 Å². The number of ether oxygens (including phenoxy) is 2. The highest BCUT2D eigenvalue weighted by Gasteiger charge is 2.46. The summed E-state index contributed by atoms with van der Waals surface area (Å²) in [5.74, 6) is 3.39. The van der Waals surface area contributed by atoms with Gasteiger partial charge in [-0.05, 0) is 151 Å². The van der Waals surface area contributed by atoms with Gasteiger partial charge >= 0.3 is 0 Å². The van der Waals surface area contributed by atoms with Crippen LogP contribution in [0, 0.1) is 0 Å². The summed E-state index contributed by atoms with van der Waals surface area (Å²) in [4.78, 5) is 4.72. The van der Waals surface area contributed by atoms with Crippen molar-refractivity contribution in [2.45, 2.75) is 38.5 Å². The Morgan fingerprint density at radius 1 is 0.286 bits per heavy atom. The number of furan rings is 2. The van der Waals surface area contributed by atoms with Crippen LogP contribution in [0.2, 0.25) is 0 Å². The highest BCUT2D eigenvalue weighted by Crippen LogP contribution is 2.56. The molecule has 2 aliphatic carbocycles. The van der Waals surface area contributed by atoms with Crippen LogP contribution in [0.1, 0.15) is 49.9 Å². The zero-order chi connectivity index (χ0) is 60.4. The van der Waals surface area contributed by atoms with Crippen molar-refractivity contribution in [2.24, 2.45) is 0 Å². The zero-order valence-electron chi connectivity index (χ0n) is 50.6. The van der Waals surface area contributed by atoms with Gasteiger partial charge in [-0.1, -0.05) is 216 Å². The molecule has 0 spiro atoms. The quantitative estimate of drug-likeness (QED) is 0.141. The number of rotatable bonds is 8. The van der Waals surface area contributed by atoms with E-state index >= 15 is 0 Å². The van der Waals surface area contributed by atoms with Gasteiger partial charge in [-0.3, -0.25) is 0 Å². The minimum atomic E-state index is -0.379. The fourth-order valence-electron chi connectivity index (χ4n) is 15.8. The molecule has 0 bridgehead atoms. The second-order valence-corrected chi connectivity index (χ2v) is 25.8. The fourth-order valence-corrected chi connectivity index (χ4v) is 15.8. The summed E-state index contributed by atoms with van der Waals surface area (Å²) in [6.07, 6.45) is 0. The lowest BCUT2D eigenvalue weighted by molar-refractivity contribution is 0.464. The zero-order valence-corrected chi connectivity index (χ0v) is 50.6. The highest BCUT2D eigenvalue weighted by atomic mass is 16.5. The first-order chi connectivity index (χ1) is 44.6. The van der Waals surface area contributed by atoms with Crippen molar-refractivity contribution in [3.05, 3.63) is 295 Å². The van der Waals surface area contributed by atoms with Crippen molar-refractivity contribution >= 4 is 101 Å². The molecule has 0 atom stereocenters. The van der Waals surface area contributed by atoms with Gasteiger partial charge in [0.2, 0.25) is 0 Å². The molecule has 6 nitrogen and oxygen atoms in total. The second-order valence-electron chi connectivity index (χ2n) is 25.8. The van der Waals surface area contributed by atoms with Gasteiger partial charge in [0.05, 0.1) is 11.4 Å². The summed E-state index contributed by atoms with van der Waals surface area (Å²) < 4.78 is 28.3. The third-order valence-electron chi connectivity index (χ3n) is 20.2. The van der Waals surface area contributed by atoms with Gasteiger partial charge in [0.1, 0.15) is 34.2 Å². The van der Waals surface area contributed by atoms with E-state index in [1.54, 1.807) is 0 Å². The molecule has 430 valence electrons. The maximum Gasteiger partial charge on any atom is 0.260 e. The van der Waals surface area contributed by atoms with Crippen molar-refractivity contribution in [1.82, 2.24) is 0 Å².